The highest BCUT2D eigenvalue weighted by Gasteiger charge is 2.69. The molecule has 0 aromatic heterocycles. The molecular formula is C130H218O20. The van der Waals surface area contributed by atoms with Crippen LogP contribution in [-0.2, 0) is 95.3 Å². The van der Waals surface area contributed by atoms with E-state index in [1.54, 1.807) is 0 Å². The predicted molar refractivity (Wildman–Crippen MR) is 592 cm³/mol. The molecular weight excluding hydrogens is 1880 g/mol. The predicted octanol–water partition coefficient (Wildman–Crippen LogP) is 30.6. The highest BCUT2D eigenvalue weighted by molar-refractivity contribution is 5.79. The van der Waals surface area contributed by atoms with Gasteiger partial charge in [-0.3, -0.25) is 47.9 Å². The molecule has 20 nitrogen and oxygen atoms in total. The second-order valence-corrected chi connectivity index (χ2v) is 57.8. The molecule has 0 aromatic rings. The van der Waals surface area contributed by atoms with Crippen LogP contribution in [0.25, 0.3) is 0 Å². The van der Waals surface area contributed by atoms with E-state index in [9.17, 15) is 47.9 Å². The van der Waals surface area contributed by atoms with Gasteiger partial charge in [0.05, 0.1) is 85.6 Å². The molecule has 150 heavy (non-hydrogen) atoms. The molecule has 0 radical (unpaired) electrons. The molecule has 23 rings (SSSR count). The second-order valence-electron chi connectivity index (χ2n) is 57.8. The first-order valence-electron chi connectivity index (χ1n) is 62.3. The summed E-state index contributed by atoms with van der Waals surface area (Å²) in [4.78, 5) is 118. The summed E-state index contributed by atoms with van der Waals surface area (Å²) in [7, 11) is 5.67. The standard InChI is InChI=1S/2C21H32O2.C19H30O2.C15H24O2.C14H24O2.C12H20O2.4C7H14O2/c1-20(2,23-19(22)18-9-13-3-4-17(18)8-13)21-10-14-5-15(11-21)7-16(6-14)12-21;1-12(2)21(17-7-14-5-15(9-17)10-18(21)8-14)23-20(22)19-11-13-3-4-16(19)6-13;1-4-11(3)18(20)21-19(5-2)10-14-9-15(19)17-13-7-6-12(8-13)16(14)17;1-2-15(7-3-4-8-15)17-14(16)13-10-11-5-6-12(13)9-11;1-4-10(3)13(15)16-14(5-2)9-11-6-7-12(14)8-11;1-12(2,3)14-11(13)10-7-8-4-5-9(10)6-8;4*1-5-7(2,3)6(8)9-4/h13-18H,3-12H2,1-2H3;12-19H,3-11H2,1-2H3;11-17H,4-10H2,1-3H3;11-13H,2-10H2,1H3;10-12H,4-9H2,1-3H3;8-10H,4-7H2,1-3H3;4*5H2,1-4H3. The van der Waals surface area contributed by atoms with Gasteiger partial charge in [0, 0.05) is 11.3 Å². The van der Waals surface area contributed by atoms with Gasteiger partial charge in [0.25, 0.3) is 0 Å². The molecule has 0 aromatic carbocycles. The molecule has 24 unspecified atom stereocenters. The van der Waals surface area contributed by atoms with Gasteiger partial charge < -0.3 is 47.4 Å². The minimum absolute atomic E-state index is 0.0249. The maximum Gasteiger partial charge on any atom is 0.311 e. The minimum Gasteiger partial charge on any atom is -0.469 e. The molecule has 20 heteroatoms. The largest absolute Gasteiger partial charge is 0.469 e. The highest BCUT2D eigenvalue weighted by atomic mass is 16.6. The Morgan fingerprint density at radius 1 is 0.293 bits per heavy atom. The topological polar surface area (TPSA) is 263 Å². The quantitative estimate of drug-likeness (QED) is 0.0442. The number of methoxy groups -OCH3 is 4. The zero-order valence-electron chi connectivity index (χ0n) is 101. The lowest BCUT2D eigenvalue weighted by atomic mass is 9.46. The summed E-state index contributed by atoms with van der Waals surface area (Å²) >= 11 is 0. The molecule has 0 aliphatic heterocycles. The zero-order chi connectivity index (χ0) is 110. The van der Waals surface area contributed by atoms with Gasteiger partial charge in [0.1, 0.15) is 33.6 Å². The first-order valence-corrected chi connectivity index (χ1v) is 62.3. The van der Waals surface area contributed by atoms with Crippen LogP contribution in [0.5, 0.6) is 0 Å². The zero-order valence-corrected chi connectivity index (χ0v) is 101. The second kappa shape index (κ2) is 50.9. The first kappa shape index (κ1) is 123. The van der Waals surface area contributed by atoms with E-state index >= 15 is 0 Å². The lowest BCUT2D eigenvalue weighted by Gasteiger charge is -2.62. The van der Waals surface area contributed by atoms with E-state index in [2.05, 4.69) is 74.3 Å². The van der Waals surface area contributed by atoms with Crippen molar-refractivity contribution in [2.75, 3.05) is 28.4 Å². The van der Waals surface area contributed by atoms with E-state index in [0.717, 1.165) is 192 Å². The maximum absolute atomic E-state index is 13.1. The molecule has 0 N–H and O–H groups in total. The average molecular weight is 2100 g/mol. The molecule has 23 aliphatic carbocycles. The molecule has 0 saturated heterocycles. The lowest BCUT2D eigenvalue weighted by molar-refractivity contribution is -0.229. The summed E-state index contributed by atoms with van der Waals surface area (Å²) in [5.74, 6) is 20.3. The van der Waals surface area contributed by atoms with Crippen LogP contribution in [0, 0.1) is 205 Å². The Kier molecular flexibility index (Phi) is 41.8. The van der Waals surface area contributed by atoms with Gasteiger partial charge in [-0.05, 0) is 515 Å². The van der Waals surface area contributed by atoms with Crippen LogP contribution in [0.15, 0.2) is 0 Å². The Morgan fingerprint density at radius 2 is 0.633 bits per heavy atom. The monoisotopic (exact) mass is 2100 g/mol. The van der Waals surface area contributed by atoms with Gasteiger partial charge in [-0.1, -0.05) is 116 Å². The summed E-state index contributed by atoms with van der Waals surface area (Å²) in [5, 5.41) is 0. The van der Waals surface area contributed by atoms with Crippen molar-refractivity contribution in [3.8, 4) is 0 Å². The SMILES string of the molecule is CC(C)(C)OC(=O)C1CC2CCC1C2.CC(C)(OC(=O)C1CC2CCC1C2)C12CC3CC(CC(C3)C1)C2.CC(C)C1(OC(=O)C2CC3CCC2C3)C2CC3CC(C2)CC1C3.CCC(C)(C)C(=O)OC.CCC(C)(C)C(=O)OC.CCC(C)(C)C(=O)OC.CCC(C)(C)C(=O)OC.CCC(C)C(=O)OC1(CC)CC2CC1C1C3CCC(C3)C21.CCC(C)C(=O)OC1(CC)CC2CCC1C2.CCC1(OC(=O)C2CC3CCC2C3)CCCC1. The number of hydrogen-bond donors (Lipinski definition) is 0. The summed E-state index contributed by atoms with van der Waals surface area (Å²) < 4.78 is 54.7. The van der Waals surface area contributed by atoms with Crippen LogP contribution in [0.2, 0.25) is 0 Å². The summed E-state index contributed by atoms with van der Waals surface area (Å²) in [6, 6.07) is 0. The third kappa shape index (κ3) is 27.9. The van der Waals surface area contributed by atoms with Crippen LogP contribution in [-0.4, -0.2) is 122 Å². The Labute approximate surface area is 910 Å². The Hall–Kier alpha value is -5.30. The van der Waals surface area contributed by atoms with E-state index in [-0.39, 0.29) is 156 Å². The van der Waals surface area contributed by atoms with Crippen molar-refractivity contribution >= 4 is 59.7 Å². The van der Waals surface area contributed by atoms with E-state index in [4.69, 9.17) is 28.4 Å². The number of fused-ring (bicyclic) bond motifs is 19. The van der Waals surface area contributed by atoms with Crippen molar-refractivity contribution in [2.24, 2.45) is 205 Å². The number of carbonyl (C=O) groups excluding carboxylic acids is 10. The van der Waals surface area contributed by atoms with Crippen LogP contribution in [0.1, 0.15) is 495 Å². The molecule has 858 valence electrons. The fraction of sp³-hybridized carbons (Fsp3) is 0.923. The van der Waals surface area contributed by atoms with Gasteiger partial charge in [-0.2, -0.15) is 0 Å². The van der Waals surface area contributed by atoms with Gasteiger partial charge >= 0.3 is 59.7 Å². The first-order chi connectivity index (χ1) is 70.5. The van der Waals surface area contributed by atoms with Crippen molar-refractivity contribution in [1.29, 1.82) is 0 Å². The van der Waals surface area contributed by atoms with E-state index in [1.165, 1.54) is 240 Å². The average Bonchev–Trinajstić information content (AvgIpc) is 1.52. The fourth-order valence-corrected chi connectivity index (χ4v) is 35.0. The summed E-state index contributed by atoms with van der Waals surface area (Å²) in [6.07, 6.45) is 59.8. The molecule has 24 atom stereocenters. The minimum atomic E-state index is -0.321. The number of ether oxygens (including phenoxy) is 10. The normalized spacial score (nSPS) is 37.6. The molecule has 0 spiro atoms. The van der Waals surface area contributed by atoms with E-state index < -0.39 is 0 Å². The fourth-order valence-electron chi connectivity index (χ4n) is 35.0. The van der Waals surface area contributed by atoms with Crippen LogP contribution in [0.4, 0.5) is 0 Å². The Balaban J connectivity index is 0.000000151. The van der Waals surface area contributed by atoms with Gasteiger partial charge in [0.2, 0.25) is 0 Å². The van der Waals surface area contributed by atoms with Crippen molar-refractivity contribution in [1.82, 2.24) is 0 Å². The highest BCUT2D eigenvalue weighted by Crippen LogP contribution is 2.72. The molecule has 23 fully saturated rings. The third-order valence-corrected chi connectivity index (χ3v) is 45.4. The molecule has 0 amide bonds. The summed E-state index contributed by atoms with van der Waals surface area (Å²) in [6.45, 7) is 52.5. The van der Waals surface area contributed by atoms with Crippen LogP contribution >= 0.6 is 0 Å². The van der Waals surface area contributed by atoms with E-state index in [0.29, 0.717) is 53.3 Å². The lowest BCUT2D eigenvalue weighted by Crippen LogP contribution is -2.62. The summed E-state index contributed by atoms with van der Waals surface area (Å²) in [5.41, 5.74) is -1.94. The third-order valence-electron chi connectivity index (χ3n) is 45.4. The smallest absolute Gasteiger partial charge is 0.311 e. The Morgan fingerprint density at radius 3 is 0.940 bits per heavy atom. The van der Waals surface area contributed by atoms with Crippen molar-refractivity contribution in [3.05, 3.63) is 0 Å². The molecule has 22 bridgehead atoms. The molecule has 23 saturated carbocycles. The van der Waals surface area contributed by atoms with Crippen molar-refractivity contribution < 1.29 is 95.3 Å². The van der Waals surface area contributed by atoms with Crippen LogP contribution in [0.3, 0.4) is 0 Å². The van der Waals surface area contributed by atoms with Gasteiger partial charge in [-0.25, -0.2) is 0 Å². The van der Waals surface area contributed by atoms with E-state index in [1.807, 2.05) is 125 Å². The van der Waals surface area contributed by atoms with Crippen molar-refractivity contribution in [2.45, 2.75) is 528 Å². The van der Waals surface area contributed by atoms with Crippen molar-refractivity contribution in [3.63, 3.8) is 0 Å². The number of rotatable bonds is 26. The number of esters is 10. The Bertz CT molecular complexity index is 4280. The molecule has 23 aliphatic rings. The van der Waals surface area contributed by atoms with Crippen LogP contribution < -0.4 is 0 Å². The molecule has 0 heterocycles. The number of hydrogen-bond acceptors (Lipinski definition) is 20. The van der Waals surface area contributed by atoms with Gasteiger partial charge in [0.15, 0.2) is 0 Å². The number of carbonyl (C=O) groups is 10. The van der Waals surface area contributed by atoms with Gasteiger partial charge in [-0.15, -0.1) is 0 Å². The maximum atomic E-state index is 13.1.